The lowest BCUT2D eigenvalue weighted by atomic mass is 10.1. The van der Waals surface area contributed by atoms with E-state index < -0.39 is 0 Å². The first-order chi connectivity index (χ1) is 11.2. The zero-order chi connectivity index (χ0) is 16.1. The van der Waals surface area contributed by atoms with E-state index in [9.17, 15) is 4.79 Å². The van der Waals surface area contributed by atoms with Crippen molar-refractivity contribution in [3.8, 4) is 0 Å². The summed E-state index contributed by atoms with van der Waals surface area (Å²) in [6, 6.07) is 15.1. The number of thioether (sulfide) groups is 1. The monoisotopic (exact) mass is 362 g/mol. The van der Waals surface area contributed by atoms with Gasteiger partial charge in [-0.15, -0.1) is 12.4 Å². The highest BCUT2D eigenvalue weighted by molar-refractivity contribution is 7.99. The molecule has 2 aromatic carbocycles. The summed E-state index contributed by atoms with van der Waals surface area (Å²) in [5.41, 5.74) is 9.00. The molecular weight excluding hydrogens is 340 g/mol. The first-order valence-electron chi connectivity index (χ1n) is 8.08. The zero-order valence-corrected chi connectivity index (χ0v) is 15.2. The SMILES string of the molecule is Cl.Nc1cccc(C(=O)Nc2cccc(CSC3CCCC3)c2)c1. The third-order valence-corrected chi connectivity index (χ3v) is 5.56. The molecule has 1 amide bonds. The summed E-state index contributed by atoms with van der Waals surface area (Å²) in [5.74, 6) is 0.880. The van der Waals surface area contributed by atoms with Crippen molar-refractivity contribution in [3.05, 3.63) is 59.7 Å². The number of nitrogen functional groups attached to an aromatic ring is 1. The van der Waals surface area contributed by atoms with Gasteiger partial charge in [0.25, 0.3) is 5.91 Å². The van der Waals surface area contributed by atoms with Gasteiger partial charge in [-0.2, -0.15) is 11.8 Å². The number of hydrogen-bond acceptors (Lipinski definition) is 3. The summed E-state index contributed by atoms with van der Waals surface area (Å²) in [6.07, 6.45) is 5.43. The molecule has 1 saturated carbocycles. The maximum Gasteiger partial charge on any atom is 0.255 e. The van der Waals surface area contributed by atoms with Gasteiger partial charge in [-0.25, -0.2) is 0 Å². The van der Waals surface area contributed by atoms with Crippen molar-refractivity contribution in [1.82, 2.24) is 0 Å². The predicted molar refractivity (Wildman–Crippen MR) is 106 cm³/mol. The highest BCUT2D eigenvalue weighted by atomic mass is 35.5. The van der Waals surface area contributed by atoms with E-state index in [-0.39, 0.29) is 18.3 Å². The van der Waals surface area contributed by atoms with E-state index in [1.54, 1.807) is 24.3 Å². The number of halogens is 1. The van der Waals surface area contributed by atoms with Crippen LogP contribution in [0, 0.1) is 0 Å². The van der Waals surface area contributed by atoms with E-state index in [0.717, 1.165) is 16.7 Å². The van der Waals surface area contributed by atoms with Crippen molar-refractivity contribution in [3.63, 3.8) is 0 Å². The molecule has 0 saturated heterocycles. The van der Waals surface area contributed by atoms with Gasteiger partial charge in [0.2, 0.25) is 0 Å². The van der Waals surface area contributed by atoms with Crippen LogP contribution in [-0.4, -0.2) is 11.2 Å². The second-order valence-corrected chi connectivity index (χ2v) is 7.29. The summed E-state index contributed by atoms with van der Waals surface area (Å²) in [6.45, 7) is 0. The van der Waals surface area contributed by atoms with E-state index in [1.165, 1.54) is 31.2 Å². The van der Waals surface area contributed by atoms with Crippen LogP contribution in [0.4, 0.5) is 11.4 Å². The Kier molecular flexibility index (Phi) is 7.00. The lowest BCUT2D eigenvalue weighted by Gasteiger charge is -2.10. The van der Waals surface area contributed by atoms with E-state index in [0.29, 0.717) is 11.3 Å². The summed E-state index contributed by atoms with van der Waals surface area (Å²) < 4.78 is 0. The summed E-state index contributed by atoms with van der Waals surface area (Å²) in [5, 5.41) is 3.76. The van der Waals surface area contributed by atoms with Gasteiger partial charge in [-0.3, -0.25) is 4.79 Å². The van der Waals surface area contributed by atoms with Gasteiger partial charge in [0.15, 0.2) is 0 Å². The molecule has 0 radical (unpaired) electrons. The Hall–Kier alpha value is -1.65. The molecule has 1 aliphatic carbocycles. The van der Waals surface area contributed by atoms with Crippen LogP contribution in [0.2, 0.25) is 0 Å². The Labute approximate surface area is 153 Å². The number of hydrogen-bond donors (Lipinski definition) is 2. The van der Waals surface area contributed by atoms with Gasteiger partial charge < -0.3 is 11.1 Å². The molecule has 0 unspecified atom stereocenters. The second kappa shape index (κ2) is 9.00. The molecule has 0 bridgehead atoms. The molecule has 0 heterocycles. The minimum absolute atomic E-state index is 0. The predicted octanol–water partition coefficient (Wildman–Crippen LogP) is 5.12. The quantitative estimate of drug-likeness (QED) is 0.726. The molecule has 1 fully saturated rings. The van der Waals surface area contributed by atoms with Crippen molar-refractivity contribution < 1.29 is 4.79 Å². The van der Waals surface area contributed by atoms with Gasteiger partial charge in [0.05, 0.1) is 0 Å². The van der Waals surface area contributed by atoms with Crippen LogP contribution in [0.5, 0.6) is 0 Å². The van der Waals surface area contributed by atoms with Crippen molar-refractivity contribution in [2.24, 2.45) is 0 Å². The van der Waals surface area contributed by atoms with Crippen LogP contribution in [0.15, 0.2) is 48.5 Å². The lowest BCUT2D eigenvalue weighted by Crippen LogP contribution is -2.12. The molecule has 1 aliphatic rings. The van der Waals surface area contributed by atoms with Crippen molar-refractivity contribution in [1.29, 1.82) is 0 Å². The second-order valence-electron chi connectivity index (χ2n) is 6.00. The molecule has 5 heteroatoms. The molecule has 3 nitrogen and oxygen atoms in total. The fourth-order valence-corrected chi connectivity index (χ4v) is 4.17. The van der Waals surface area contributed by atoms with Gasteiger partial charge in [0.1, 0.15) is 0 Å². The third-order valence-electron chi connectivity index (χ3n) is 4.12. The highest BCUT2D eigenvalue weighted by Gasteiger charge is 2.15. The first-order valence-corrected chi connectivity index (χ1v) is 9.13. The van der Waals surface area contributed by atoms with E-state index in [2.05, 4.69) is 17.4 Å². The Morgan fingerprint density at radius 3 is 2.62 bits per heavy atom. The highest BCUT2D eigenvalue weighted by Crippen LogP contribution is 2.31. The number of benzene rings is 2. The number of anilines is 2. The number of carbonyl (C=O) groups excluding carboxylic acids is 1. The molecule has 3 N–H and O–H groups in total. The summed E-state index contributed by atoms with van der Waals surface area (Å²) in [4.78, 5) is 12.3. The lowest BCUT2D eigenvalue weighted by molar-refractivity contribution is 0.102. The average Bonchev–Trinajstić information content (AvgIpc) is 3.07. The standard InChI is InChI=1S/C19H22N2OS.ClH/c20-16-7-4-6-15(12-16)19(22)21-17-8-3-5-14(11-17)13-23-18-9-1-2-10-18;/h3-8,11-12,18H,1-2,9-10,13,20H2,(H,21,22);1H. The first kappa shape index (κ1) is 18.7. The Balaban J connectivity index is 0.00000208. The molecule has 24 heavy (non-hydrogen) atoms. The molecular formula is C19H23ClN2OS. The van der Waals surface area contributed by atoms with Crippen molar-refractivity contribution in [2.75, 3.05) is 11.1 Å². The minimum atomic E-state index is -0.127. The molecule has 0 aliphatic heterocycles. The van der Waals surface area contributed by atoms with E-state index >= 15 is 0 Å². The largest absolute Gasteiger partial charge is 0.399 e. The number of nitrogens with one attached hydrogen (secondary N) is 1. The van der Waals surface area contributed by atoms with Gasteiger partial charge in [-0.05, 0) is 48.7 Å². The van der Waals surface area contributed by atoms with Gasteiger partial charge in [-0.1, -0.05) is 31.0 Å². The molecule has 0 aromatic heterocycles. The van der Waals surface area contributed by atoms with Crippen molar-refractivity contribution >= 4 is 41.5 Å². The van der Waals surface area contributed by atoms with Crippen LogP contribution in [0.1, 0.15) is 41.6 Å². The third kappa shape index (κ3) is 5.18. The van der Waals surface area contributed by atoms with Crippen LogP contribution >= 0.6 is 24.2 Å². The number of nitrogens with two attached hydrogens (primary N) is 1. The molecule has 0 spiro atoms. The normalized spacial score (nSPS) is 14.2. The summed E-state index contributed by atoms with van der Waals surface area (Å²) >= 11 is 2.03. The Morgan fingerprint density at radius 2 is 1.88 bits per heavy atom. The maximum absolute atomic E-state index is 12.3. The average molecular weight is 363 g/mol. The topological polar surface area (TPSA) is 55.1 Å². The van der Waals surface area contributed by atoms with Crippen LogP contribution in [0.25, 0.3) is 0 Å². The smallest absolute Gasteiger partial charge is 0.255 e. The van der Waals surface area contributed by atoms with Crippen LogP contribution in [0.3, 0.4) is 0 Å². The Morgan fingerprint density at radius 1 is 1.12 bits per heavy atom. The molecule has 2 aromatic rings. The zero-order valence-electron chi connectivity index (χ0n) is 13.5. The van der Waals surface area contributed by atoms with E-state index in [4.69, 9.17) is 5.73 Å². The van der Waals surface area contributed by atoms with Crippen LogP contribution in [-0.2, 0) is 5.75 Å². The minimum Gasteiger partial charge on any atom is -0.399 e. The van der Waals surface area contributed by atoms with Gasteiger partial charge >= 0.3 is 0 Å². The fourth-order valence-electron chi connectivity index (χ4n) is 2.89. The molecule has 0 atom stereocenters. The van der Waals surface area contributed by atoms with Gasteiger partial charge in [0, 0.05) is 27.9 Å². The van der Waals surface area contributed by atoms with Crippen molar-refractivity contribution in [2.45, 2.75) is 36.7 Å². The van der Waals surface area contributed by atoms with Crippen LogP contribution < -0.4 is 11.1 Å². The number of rotatable bonds is 5. The number of carbonyl (C=O) groups is 1. The number of amides is 1. The van der Waals surface area contributed by atoms with E-state index in [1.807, 2.05) is 23.9 Å². The Bertz CT molecular complexity index is 687. The summed E-state index contributed by atoms with van der Waals surface area (Å²) in [7, 11) is 0. The molecule has 128 valence electrons. The maximum atomic E-state index is 12.3. The fraction of sp³-hybridized carbons (Fsp3) is 0.316. The molecule has 3 rings (SSSR count).